The molecular formula is C16H14N6O3. The van der Waals surface area contributed by atoms with Gasteiger partial charge in [-0.3, -0.25) is 9.36 Å². The van der Waals surface area contributed by atoms with Gasteiger partial charge in [0.15, 0.2) is 0 Å². The van der Waals surface area contributed by atoms with Crippen LogP contribution in [0.25, 0.3) is 16.9 Å². The van der Waals surface area contributed by atoms with E-state index in [0.29, 0.717) is 35.6 Å². The quantitative estimate of drug-likeness (QED) is 0.749. The molecule has 0 aliphatic carbocycles. The van der Waals surface area contributed by atoms with Crippen LogP contribution < -0.4 is 5.56 Å². The SMILES string of the molecule is Cc1ccc(-n2cnnn2)c(-c2cc(=O)n3c(n2)CCC3C(=O)O)c1. The zero-order chi connectivity index (χ0) is 17.6. The first-order chi connectivity index (χ1) is 12.0. The standard InChI is InChI=1S/C16H14N6O3/c1-9-2-3-12(21-8-17-19-20-21)10(6-9)11-7-15(23)22-13(16(24)25)4-5-14(22)18-11/h2-3,6-8,13H,4-5H2,1H3,(H,24,25). The van der Waals surface area contributed by atoms with Crippen LogP contribution in [-0.2, 0) is 11.2 Å². The number of rotatable bonds is 3. The fraction of sp³-hybridized carbons (Fsp3) is 0.250. The molecule has 1 N–H and O–H groups in total. The summed E-state index contributed by atoms with van der Waals surface area (Å²) >= 11 is 0. The first kappa shape index (κ1) is 15.2. The molecule has 126 valence electrons. The number of carboxylic acid groups (broad SMARTS) is 1. The second-order valence-corrected chi connectivity index (χ2v) is 5.93. The summed E-state index contributed by atoms with van der Waals surface area (Å²) in [7, 11) is 0. The molecule has 1 aliphatic rings. The normalized spacial score (nSPS) is 16.0. The Balaban J connectivity index is 1.90. The zero-order valence-electron chi connectivity index (χ0n) is 13.3. The Bertz CT molecular complexity index is 1020. The Morgan fingerprint density at radius 3 is 2.88 bits per heavy atom. The Morgan fingerprint density at radius 2 is 2.16 bits per heavy atom. The minimum Gasteiger partial charge on any atom is -0.480 e. The third kappa shape index (κ3) is 2.49. The summed E-state index contributed by atoms with van der Waals surface area (Å²) in [4.78, 5) is 28.4. The first-order valence-electron chi connectivity index (χ1n) is 7.74. The molecule has 9 heteroatoms. The molecule has 0 bridgehead atoms. The van der Waals surface area contributed by atoms with Crippen molar-refractivity contribution >= 4 is 5.97 Å². The number of hydrogen-bond acceptors (Lipinski definition) is 6. The van der Waals surface area contributed by atoms with Gasteiger partial charge in [-0.1, -0.05) is 11.6 Å². The van der Waals surface area contributed by atoms with Gasteiger partial charge >= 0.3 is 5.97 Å². The van der Waals surface area contributed by atoms with E-state index in [0.717, 1.165) is 5.56 Å². The lowest BCUT2D eigenvalue weighted by Crippen LogP contribution is -2.28. The predicted molar refractivity (Wildman–Crippen MR) is 86.4 cm³/mol. The molecule has 1 aliphatic heterocycles. The Kier molecular flexibility index (Phi) is 3.41. The van der Waals surface area contributed by atoms with Crippen molar-refractivity contribution in [3.8, 4) is 16.9 Å². The van der Waals surface area contributed by atoms with Crippen molar-refractivity contribution in [1.82, 2.24) is 29.8 Å². The maximum absolute atomic E-state index is 12.5. The Labute approximate surface area is 141 Å². The second-order valence-electron chi connectivity index (χ2n) is 5.93. The van der Waals surface area contributed by atoms with Gasteiger partial charge in [-0.25, -0.2) is 9.78 Å². The molecule has 1 aromatic carbocycles. The van der Waals surface area contributed by atoms with Gasteiger partial charge in [0.1, 0.15) is 18.2 Å². The summed E-state index contributed by atoms with van der Waals surface area (Å²) in [5.74, 6) is -0.528. The smallest absolute Gasteiger partial charge is 0.326 e. The molecule has 4 rings (SSSR count). The number of carbonyl (C=O) groups is 1. The number of aromatic nitrogens is 6. The summed E-state index contributed by atoms with van der Waals surface area (Å²) in [6.45, 7) is 1.94. The van der Waals surface area contributed by atoms with Crippen LogP contribution in [0.3, 0.4) is 0 Å². The van der Waals surface area contributed by atoms with Gasteiger partial charge in [0, 0.05) is 18.1 Å². The van der Waals surface area contributed by atoms with Gasteiger partial charge in [-0.2, -0.15) is 4.68 Å². The zero-order valence-corrected chi connectivity index (χ0v) is 13.3. The molecular weight excluding hydrogens is 324 g/mol. The van der Waals surface area contributed by atoms with Crippen molar-refractivity contribution in [2.75, 3.05) is 0 Å². The van der Waals surface area contributed by atoms with Crippen molar-refractivity contribution in [2.24, 2.45) is 0 Å². The summed E-state index contributed by atoms with van der Waals surface area (Å²) in [5, 5.41) is 20.4. The third-order valence-electron chi connectivity index (χ3n) is 4.29. The summed E-state index contributed by atoms with van der Waals surface area (Å²) in [6.07, 6.45) is 2.29. The molecule has 25 heavy (non-hydrogen) atoms. The van der Waals surface area contributed by atoms with E-state index < -0.39 is 12.0 Å². The average Bonchev–Trinajstić information content (AvgIpc) is 3.24. The number of hydrogen-bond donors (Lipinski definition) is 1. The molecule has 2 aromatic heterocycles. The van der Waals surface area contributed by atoms with Crippen molar-refractivity contribution in [1.29, 1.82) is 0 Å². The minimum atomic E-state index is -1.01. The van der Waals surface area contributed by atoms with E-state index in [4.69, 9.17) is 0 Å². The molecule has 9 nitrogen and oxygen atoms in total. The summed E-state index contributed by atoms with van der Waals surface area (Å²) in [5.41, 5.74) is 2.52. The highest BCUT2D eigenvalue weighted by molar-refractivity contribution is 5.73. The molecule has 0 radical (unpaired) electrons. The molecule has 0 amide bonds. The lowest BCUT2D eigenvalue weighted by atomic mass is 10.1. The fourth-order valence-electron chi connectivity index (χ4n) is 3.14. The van der Waals surface area contributed by atoms with Crippen LogP contribution in [0.1, 0.15) is 23.9 Å². The van der Waals surface area contributed by atoms with E-state index in [-0.39, 0.29) is 5.56 Å². The van der Waals surface area contributed by atoms with Gasteiger partial charge in [-0.05, 0) is 35.9 Å². The minimum absolute atomic E-state index is 0.367. The van der Waals surface area contributed by atoms with Crippen molar-refractivity contribution in [3.05, 3.63) is 52.3 Å². The van der Waals surface area contributed by atoms with Crippen LogP contribution in [0.15, 0.2) is 35.4 Å². The predicted octanol–water partition coefficient (Wildman–Crippen LogP) is 0.766. The Morgan fingerprint density at radius 1 is 1.32 bits per heavy atom. The number of tetrazole rings is 1. The van der Waals surface area contributed by atoms with E-state index >= 15 is 0 Å². The van der Waals surface area contributed by atoms with E-state index in [1.165, 1.54) is 21.6 Å². The largest absolute Gasteiger partial charge is 0.480 e. The van der Waals surface area contributed by atoms with Gasteiger partial charge in [0.05, 0.1) is 11.4 Å². The van der Waals surface area contributed by atoms with Crippen LogP contribution in [0, 0.1) is 6.92 Å². The monoisotopic (exact) mass is 338 g/mol. The maximum atomic E-state index is 12.5. The number of nitrogens with zero attached hydrogens (tertiary/aromatic N) is 6. The Hall–Kier alpha value is -3.36. The number of benzene rings is 1. The molecule has 0 fully saturated rings. The third-order valence-corrected chi connectivity index (χ3v) is 4.29. The second kappa shape index (κ2) is 5.62. The molecule has 1 atom stereocenters. The van der Waals surface area contributed by atoms with Crippen LogP contribution in [0.4, 0.5) is 0 Å². The molecule has 1 unspecified atom stereocenters. The molecule has 3 heterocycles. The van der Waals surface area contributed by atoms with Crippen LogP contribution in [0.5, 0.6) is 0 Å². The molecule has 0 spiro atoms. The van der Waals surface area contributed by atoms with Crippen LogP contribution in [-0.4, -0.2) is 40.8 Å². The topological polar surface area (TPSA) is 116 Å². The van der Waals surface area contributed by atoms with Crippen LogP contribution in [0.2, 0.25) is 0 Å². The van der Waals surface area contributed by atoms with Gasteiger partial charge in [-0.15, -0.1) is 5.10 Å². The number of aliphatic carboxylic acids is 1. The molecule has 0 saturated carbocycles. The number of carboxylic acids is 1. The van der Waals surface area contributed by atoms with Gasteiger partial charge in [0.25, 0.3) is 5.56 Å². The maximum Gasteiger partial charge on any atom is 0.326 e. The first-order valence-corrected chi connectivity index (χ1v) is 7.74. The summed E-state index contributed by atoms with van der Waals surface area (Å²) in [6, 6.07) is 6.20. The molecule has 3 aromatic rings. The number of fused-ring (bicyclic) bond motifs is 1. The van der Waals surface area contributed by atoms with Crippen LogP contribution >= 0.6 is 0 Å². The van der Waals surface area contributed by atoms with E-state index in [1.807, 2.05) is 25.1 Å². The molecule has 0 saturated heterocycles. The highest BCUT2D eigenvalue weighted by atomic mass is 16.4. The van der Waals surface area contributed by atoms with Gasteiger partial charge in [0.2, 0.25) is 0 Å². The summed E-state index contributed by atoms with van der Waals surface area (Å²) < 4.78 is 2.76. The number of aryl methyl sites for hydroxylation is 2. The van der Waals surface area contributed by atoms with E-state index in [1.54, 1.807) is 0 Å². The van der Waals surface area contributed by atoms with Crippen molar-refractivity contribution < 1.29 is 9.90 Å². The highest BCUT2D eigenvalue weighted by Crippen LogP contribution is 2.28. The van der Waals surface area contributed by atoms with E-state index in [2.05, 4.69) is 20.5 Å². The highest BCUT2D eigenvalue weighted by Gasteiger charge is 2.30. The van der Waals surface area contributed by atoms with Crippen molar-refractivity contribution in [2.45, 2.75) is 25.8 Å². The fourth-order valence-corrected chi connectivity index (χ4v) is 3.14. The lowest BCUT2D eigenvalue weighted by molar-refractivity contribution is -0.140. The average molecular weight is 338 g/mol. The van der Waals surface area contributed by atoms with E-state index in [9.17, 15) is 14.7 Å². The van der Waals surface area contributed by atoms with Gasteiger partial charge < -0.3 is 5.11 Å². The lowest BCUT2D eigenvalue weighted by Gasteiger charge is -2.13. The van der Waals surface area contributed by atoms with Crippen molar-refractivity contribution in [3.63, 3.8) is 0 Å².